The number of carboxylic acids is 1. The van der Waals surface area contributed by atoms with E-state index in [4.69, 9.17) is 0 Å². The molecule has 1 atom stereocenters. The number of aryl methyl sites for hydroxylation is 1. The van der Waals surface area contributed by atoms with Crippen LogP contribution in [0.4, 0.5) is 10.1 Å². The van der Waals surface area contributed by atoms with E-state index in [9.17, 15) is 14.3 Å². The number of carboxylic acid groups (broad SMARTS) is 1. The van der Waals surface area contributed by atoms with Crippen molar-refractivity contribution in [2.45, 2.75) is 58.4 Å². The summed E-state index contributed by atoms with van der Waals surface area (Å²) in [6.45, 7) is 3.93. The van der Waals surface area contributed by atoms with Crippen molar-refractivity contribution in [1.29, 1.82) is 0 Å². The van der Waals surface area contributed by atoms with Gasteiger partial charge in [0.05, 0.1) is 0 Å². The van der Waals surface area contributed by atoms with Gasteiger partial charge in [0, 0.05) is 5.69 Å². The lowest BCUT2D eigenvalue weighted by molar-refractivity contribution is -0.138. The van der Waals surface area contributed by atoms with Crippen LogP contribution in [0.5, 0.6) is 0 Å². The van der Waals surface area contributed by atoms with Gasteiger partial charge in [0.15, 0.2) is 0 Å². The molecule has 1 unspecified atom stereocenters. The van der Waals surface area contributed by atoms with Crippen molar-refractivity contribution in [3.63, 3.8) is 0 Å². The molecule has 0 aliphatic carbocycles. The molecule has 0 fully saturated rings. The lowest BCUT2D eigenvalue weighted by atomic mass is 10.1. The van der Waals surface area contributed by atoms with Crippen LogP contribution in [0.1, 0.15) is 51.0 Å². The van der Waals surface area contributed by atoms with E-state index in [1.165, 1.54) is 25.0 Å². The molecule has 20 heavy (non-hydrogen) atoms. The van der Waals surface area contributed by atoms with Crippen LogP contribution in [0, 0.1) is 12.7 Å². The first-order chi connectivity index (χ1) is 9.52. The molecule has 0 radical (unpaired) electrons. The van der Waals surface area contributed by atoms with Crippen molar-refractivity contribution in [1.82, 2.24) is 0 Å². The number of carbonyl (C=O) groups is 1. The molecule has 0 amide bonds. The molecule has 4 heteroatoms. The van der Waals surface area contributed by atoms with Crippen LogP contribution in [-0.2, 0) is 4.79 Å². The third-order valence-electron chi connectivity index (χ3n) is 3.28. The van der Waals surface area contributed by atoms with E-state index in [1.54, 1.807) is 13.0 Å². The first-order valence-electron chi connectivity index (χ1n) is 7.29. The maximum absolute atomic E-state index is 13.3. The highest BCUT2D eigenvalue weighted by molar-refractivity contribution is 5.77. The molecule has 3 nitrogen and oxygen atoms in total. The average molecular weight is 281 g/mol. The molecule has 0 bridgehead atoms. The van der Waals surface area contributed by atoms with Gasteiger partial charge < -0.3 is 10.4 Å². The zero-order chi connectivity index (χ0) is 15.0. The van der Waals surface area contributed by atoms with Gasteiger partial charge in [-0.2, -0.15) is 0 Å². The summed E-state index contributed by atoms with van der Waals surface area (Å²) in [5, 5.41) is 12.1. The zero-order valence-corrected chi connectivity index (χ0v) is 12.3. The van der Waals surface area contributed by atoms with Crippen LogP contribution in [0.15, 0.2) is 18.2 Å². The molecule has 0 aromatic heterocycles. The summed E-state index contributed by atoms with van der Waals surface area (Å²) in [4.78, 5) is 11.2. The largest absolute Gasteiger partial charge is 0.480 e. The van der Waals surface area contributed by atoms with Crippen molar-refractivity contribution < 1.29 is 14.3 Å². The quantitative estimate of drug-likeness (QED) is 0.661. The van der Waals surface area contributed by atoms with Crippen molar-refractivity contribution >= 4 is 11.7 Å². The van der Waals surface area contributed by atoms with Crippen LogP contribution in [0.3, 0.4) is 0 Å². The SMILES string of the molecule is CCCCCCCC(Nc1cc(C)cc(F)c1)C(=O)O. The Labute approximate surface area is 120 Å². The molecule has 2 N–H and O–H groups in total. The van der Waals surface area contributed by atoms with Crippen molar-refractivity contribution in [3.8, 4) is 0 Å². The Kier molecular flexibility index (Phi) is 7.05. The molecule has 112 valence electrons. The Bertz CT molecular complexity index is 414. The minimum Gasteiger partial charge on any atom is -0.480 e. The molecule has 0 heterocycles. The first-order valence-corrected chi connectivity index (χ1v) is 7.29. The van der Waals surface area contributed by atoms with E-state index < -0.39 is 12.0 Å². The molecule has 1 rings (SSSR count). The Balaban J connectivity index is 2.52. The smallest absolute Gasteiger partial charge is 0.326 e. The Morgan fingerprint density at radius 1 is 1.25 bits per heavy atom. The number of nitrogens with one attached hydrogen (secondary N) is 1. The summed E-state index contributed by atoms with van der Waals surface area (Å²) in [6, 6.07) is 3.86. The van der Waals surface area contributed by atoms with E-state index in [1.807, 2.05) is 0 Å². The molecule has 0 aliphatic heterocycles. The molecule has 0 aliphatic rings. The van der Waals surface area contributed by atoms with Gasteiger partial charge in [0.25, 0.3) is 0 Å². The predicted octanol–water partition coefficient (Wildman–Crippen LogP) is 4.36. The second kappa shape index (κ2) is 8.56. The van der Waals surface area contributed by atoms with E-state index in [-0.39, 0.29) is 5.82 Å². The summed E-state index contributed by atoms with van der Waals surface area (Å²) in [5.41, 5.74) is 1.31. The fraction of sp³-hybridized carbons (Fsp3) is 0.562. The molecule has 1 aromatic rings. The number of hydrogen-bond donors (Lipinski definition) is 2. The number of benzene rings is 1. The average Bonchev–Trinajstić information content (AvgIpc) is 2.35. The maximum atomic E-state index is 13.3. The van der Waals surface area contributed by atoms with Crippen molar-refractivity contribution in [2.24, 2.45) is 0 Å². The summed E-state index contributed by atoms with van der Waals surface area (Å²) in [6.07, 6.45) is 5.98. The summed E-state index contributed by atoms with van der Waals surface area (Å²) in [5.74, 6) is -1.23. The maximum Gasteiger partial charge on any atom is 0.326 e. The molecule has 0 saturated heterocycles. The number of rotatable bonds is 9. The highest BCUT2D eigenvalue weighted by Gasteiger charge is 2.16. The van der Waals surface area contributed by atoms with Gasteiger partial charge in [-0.15, -0.1) is 0 Å². The second-order valence-corrected chi connectivity index (χ2v) is 5.26. The van der Waals surface area contributed by atoms with Crippen molar-refractivity contribution in [3.05, 3.63) is 29.6 Å². The van der Waals surface area contributed by atoms with Crippen LogP contribution >= 0.6 is 0 Å². The number of hydrogen-bond acceptors (Lipinski definition) is 2. The van der Waals surface area contributed by atoms with E-state index >= 15 is 0 Å². The second-order valence-electron chi connectivity index (χ2n) is 5.26. The standard InChI is InChI=1S/C16H24FNO2/c1-3-4-5-6-7-8-15(16(19)20)18-14-10-12(2)9-13(17)11-14/h9-11,15,18H,3-8H2,1-2H3,(H,19,20). The van der Waals surface area contributed by atoms with Gasteiger partial charge in [0.2, 0.25) is 0 Å². The molecule has 1 aromatic carbocycles. The minimum absolute atomic E-state index is 0.348. The van der Waals surface area contributed by atoms with Gasteiger partial charge >= 0.3 is 5.97 Å². The Morgan fingerprint density at radius 2 is 1.95 bits per heavy atom. The highest BCUT2D eigenvalue weighted by atomic mass is 19.1. The Morgan fingerprint density at radius 3 is 2.55 bits per heavy atom. The van der Waals surface area contributed by atoms with Crippen LogP contribution < -0.4 is 5.32 Å². The highest BCUT2D eigenvalue weighted by Crippen LogP contribution is 2.17. The van der Waals surface area contributed by atoms with E-state index in [0.29, 0.717) is 12.1 Å². The fourth-order valence-electron chi connectivity index (χ4n) is 2.23. The van der Waals surface area contributed by atoms with E-state index in [2.05, 4.69) is 12.2 Å². The summed E-state index contributed by atoms with van der Waals surface area (Å²) in [7, 11) is 0. The van der Waals surface area contributed by atoms with Gasteiger partial charge in [-0.05, 0) is 37.1 Å². The number of halogens is 1. The fourth-order valence-corrected chi connectivity index (χ4v) is 2.23. The normalized spacial score (nSPS) is 12.2. The molecule has 0 saturated carbocycles. The van der Waals surface area contributed by atoms with Gasteiger partial charge in [-0.25, -0.2) is 9.18 Å². The zero-order valence-electron chi connectivity index (χ0n) is 12.3. The van der Waals surface area contributed by atoms with Crippen molar-refractivity contribution in [2.75, 3.05) is 5.32 Å². The van der Waals surface area contributed by atoms with Gasteiger partial charge in [-0.1, -0.05) is 39.0 Å². The molecular weight excluding hydrogens is 257 g/mol. The lowest BCUT2D eigenvalue weighted by Gasteiger charge is -2.16. The van der Waals surface area contributed by atoms with Crippen LogP contribution in [0.2, 0.25) is 0 Å². The topological polar surface area (TPSA) is 49.3 Å². The monoisotopic (exact) mass is 281 g/mol. The third kappa shape index (κ3) is 6.04. The van der Waals surface area contributed by atoms with Crippen LogP contribution in [0.25, 0.3) is 0 Å². The Hall–Kier alpha value is -1.58. The third-order valence-corrected chi connectivity index (χ3v) is 3.28. The molecular formula is C16H24FNO2. The summed E-state index contributed by atoms with van der Waals surface area (Å²) < 4.78 is 13.3. The minimum atomic E-state index is -0.887. The first kappa shape index (κ1) is 16.5. The lowest BCUT2D eigenvalue weighted by Crippen LogP contribution is -2.29. The number of anilines is 1. The van der Waals surface area contributed by atoms with Crippen LogP contribution in [-0.4, -0.2) is 17.1 Å². The van der Waals surface area contributed by atoms with Gasteiger partial charge in [0.1, 0.15) is 11.9 Å². The summed E-state index contributed by atoms with van der Waals surface area (Å²) >= 11 is 0. The van der Waals surface area contributed by atoms with Gasteiger partial charge in [-0.3, -0.25) is 0 Å². The van der Waals surface area contributed by atoms with E-state index in [0.717, 1.165) is 24.8 Å². The number of aliphatic carboxylic acids is 1. The number of unbranched alkanes of at least 4 members (excludes halogenated alkanes) is 4. The molecule has 0 spiro atoms. The predicted molar refractivity (Wildman–Crippen MR) is 79.6 cm³/mol.